The van der Waals surface area contributed by atoms with Crippen LogP contribution in [0.25, 0.3) is 0 Å². The van der Waals surface area contributed by atoms with Gasteiger partial charge in [0.2, 0.25) is 0 Å². The second-order valence-electron chi connectivity index (χ2n) is 6.00. The zero-order valence-electron chi connectivity index (χ0n) is 13.5. The maximum Gasteiger partial charge on any atom is 0.416 e. The highest BCUT2D eigenvalue weighted by Gasteiger charge is 2.32. The molecule has 8 heteroatoms. The molecule has 1 heterocycles. The molecule has 1 saturated heterocycles. The summed E-state index contributed by atoms with van der Waals surface area (Å²) in [6.07, 6.45) is -2.80. The van der Waals surface area contributed by atoms with Crippen molar-refractivity contribution in [2.45, 2.75) is 19.0 Å². The second-order valence-corrected chi connectivity index (χ2v) is 6.00. The fourth-order valence-electron chi connectivity index (χ4n) is 2.91. The van der Waals surface area contributed by atoms with Crippen molar-refractivity contribution in [2.75, 3.05) is 23.3 Å². The third kappa shape index (κ3) is 3.79. The first-order valence-electron chi connectivity index (χ1n) is 7.98. The van der Waals surface area contributed by atoms with E-state index in [2.05, 4.69) is 5.32 Å². The summed E-state index contributed by atoms with van der Waals surface area (Å²) < 4.78 is 65.8. The van der Waals surface area contributed by atoms with E-state index in [0.29, 0.717) is 24.8 Å². The number of hydrogen-bond acceptors (Lipinski definition) is 2. The van der Waals surface area contributed by atoms with Crippen LogP contribution in [0.3, 0.4) is 0 Å². The lowest BCUT2D eigenvalue weighted by molar-refractivity contribution is -0.137. The van der Waals surface area contributed by atoms with Crippen LogP contribution in [0, 0.1) is 11.6 Å². The lowest BCUT2D eigenvalue weighted by Gasteiger charge is -2.23. The van der Waals surface area contributed by atoms with E-state index in [9.17, 15) is 26.7 Å². The summed E-state index contributed by atoms with van der Waals surface area (Å²) in [6.45, 7) is 1.30. The highest BCUT2D eigenvalue weighted by Crippen LogP contribution is 2.36. The Morgan fingerprint density at radius 3 is 2.31 bits per heavy atom. The fraction of sp³-hybridized carbons (Fsp3) is 0.278. The zero-order valence-corrected chi connectivity index (χ0v) is 13.5. The van der Waals surface area contributed by atoms with Gasteiger partial charge < -0.3 is 10.2 Å². The van der Waals surface area contributed by atoms with Crippen LogP contribution >= 0.6 is 0 Å². The van der Waals surface area contributed by atoms with Gasteiger partial charge in [0.05, 0.1) is 22.5 Å². The number of carbonyl (C=O) groups is 1. The van der Waals surface area contributed by atoms with Gasteiger partial charge in [-0.05, 0) is 43.2 Å². The third-order valence-electron chi connectivity index (χ3n) is 4.19. The summed E-state index contributed by atoms with van der Waals surface area (Å²) in [7, 11) is 0. The van der Waals surface area contributed by atoms with Crippen molar-refractivity contribution < 1.29 is 26.7 Å². The SMILES string of the molecule is O=C(Nc1cc(C(F)(F)F)ccc1N1CCCC1)c1ccc(F)cc1F. The number of rotatable bonds is 3. The lowest BCUT2D eigenvalue weighted by atomic mass is 10.1. The topological polar surface area (TPSA) is 32.3 Å². The molecular formula is C18H15F5N2O. The zero-order chi connectivity index (χ0) is 18.9. The summed E-state index contributed by atoms with van der Waals surface area (Å²) >= 11 is 0. The van der Waals surface area contributed by atoms with Gasteiger partial charge in [0.1, 0.15) is 11.6 Å². The van der Waals surface area contributed by atoms with Crippen LogP contribution in [0.4, 0.5) is 33.3 Å². The van der Waals surface area contributed by atoms with Gasteiger partial charge >= 0.3 is 6.18 Å². The van der Waals surface area contributed by atoms with Gasteiger partial charge in [-0.2, -0.15) is 13.2 Å². The van der Waals surface area contributed by atoms with Crippen molar-refractivity contribution in [3.63, 3.8) is 0 Å². The Morgan fingerprint density at radius 1 is 1.00 bits per heavy atom. The minimum absolute atomic E-state index is 0.0598. The number of hydrogen-bond donors (Lipinski definition) is 1. The highest BCUT2D eigenvalue weighted by atomic mass is 19.4. The minimum atomic E-state index is -4.58. The van der Waals surface area contributed by atoms with Crippen molar-refractivity contribution >= 4 is 17.3 Å². The molecule has 1 aliphatic rings. The number of benzene rings is 2. The highest BCUT2D eigenvalue weighted by molar-refractivity contribution is 6.06. The molecule has 0 atom stereocenters. The summed E-state index contributed by atoms with van der Waals surface area (Å²) in [5.74, 6) is -2.88. The van der Waals surface area contributed by atoms with Crippen molar-refractivity contribution in [1.29, 1.82) is 0 Å². The third-order valence-corrected chi connectivity index (χ3v) is 4.19. The van der Waals surface area contributed by atoms with Crippen LogP contribution in [-0.2, 0) is 6.18 Å². The molecule has 0 aromatic heterocycles. The Kier molecular flexibility index (Phi) is 4.84. The summed E-state index contributed by atoms with van der Waals surface area (Å²) in [4.78, 5) is 14.2. The Bertz CT molecular complexity index is 829. The molecule has 0 aliphatic carbocycles. The summed E-state index contributed by atoms with van der Waals surface area (Å²) in [5, 5.41) is 2.33. The molecule has 0 saturated carbocycles. The number of amides is 1. The number of halogens is 5. The van der Waals surface area contributed by atoms with E-state index in [1.54, 1.807) is 0 Å². The molecule has 3 rings (SSSR count). The van der Waals surface area contributed by atoms with E-state index in [1.165, 1.54) is 6.07 Å². The molecule has 0 unspecified atom stereocenters. The molecular weight excluding hydrogens is 355 g/mol. The lowest BCUT2D eigenvalue weighted by Crippen LogP contribution is -2.22. The summed E-state index contributed by atoms with van der Waals surface area (Å²) in [6, 6.07) is 5.47. The van der Waals surface area contributed by atoms with E-state index in [0.717, 1.165) is 37.1 Å². The van der Waals surface area contributed by atoms with E-state index >= 15 is 0 Å². The van der Waals surface area contributed by atoms with E-state index in [4.69, 9.17) is 0 Å². The van der Waals surface area contributed by atoms with Gasteiger partial charge in [-0.3, -0.25) is 4.79 Å². The molecule has 2 aromatic rings. The monoisotopic (exact) mass is 370 g/mol. The first-order chi connectivity index (χ1) is 12.3. The first kappa shape index (κ1) is 18.2. The van der Waals surface area contributed by atoms with Gasteiger partial charge in [-0.1, -0.05) is 0 Å². The molecule has 1 fully saturated rings. The number of carbonyl (C=O) groups excluding carboxylic acids is 1. The Balaban J connectivity index is 1.96. The number of alkyl halides is 3. The van der Waals surface area contributed by atoms with Gasteiger partial charge in [0, 0.05) is 19.2 Å². The Labute approximate surface area is 146 Å². The van der Waals surface area contributed by atoms with Gasteiger partial charge in [0.15, 0.2) is 0 Å². The Morgan fingerprint density at radius 2 is 1.69 bits per heavy atom. The Hall–Kier alpha value is -2.64. The van der Waals surface area contributed by atoms with Crippen molar-refractivity contribution in [3.8, 4) is 0 Å². The van der Waals surface area contributed by atoms with Crippen LogP contribution in [0.5, 0.6) is 0 Å². The van der Waals surface area contributed by atoms with Crippen LogP contribution in [0.2, 0.25) is 0 Å². The number of nitrogens with one attached hydrogen (secondary N) is 1. The molecule has 3 nitrogen and oxygen atoms in total. The molecule has 0 radical (unpaired) electrons. The first-order valence-corrected chi connectivity index (χ1v) is 7.98. The van der Waals surface area contributed by atoms with Crippen LogP contribution < -0.4 is 10.2 Å². The molecule has 26 heavy (non-hydrogen) atoms. The molecule has 1 aliphatic heterocycles. The molecule has 138 valence electrons. The molecule has 1 N–H and O–H groups in total. The largest absolute Gasteiger partial charge is 0.416 e. The predicted octanol–water partition coefficient (Wildman–Crippen LogP) is 4.84. The molecule has 0 spiro atoms. The maximum atomic E-state index is 13.8. The molecule has 2 aromatic carbocycles. The van der Waals surface area contributed by atoms with Crippen molar-refractivity contribution in [2.24, 2.45) is 0 Å². The van der Waals surface area contributed by atoms with E-state index in [1.807, 2.05) is 4.90 Å². The van der Waals surface area contributed by atoms with Crippen LogP contribution in [0.1, 0.15) is 28.8 Å². The average molecular weight is 370 g/mol. The quantitative estimate of drug-likeness (QED) is 0.785. The fourth-order valence-corrected chi connectivity index (χ4v) is 2.91. The van der Waals surface area contributed by atoms with Crippen LogP contribution in [0.15, 0.2) is 36.4 Å². The molecule has 1 amide bonds. The minimum Gasteiger partial charge on any atom is -0.370 e. The van der Waals surface area contributed by atoms with Crippen molar-refractivity contribution in [3.05, 3.63) is 59.2 Å². The van der Waals surface area contributed by atoms with E-state index < -0.39 is 34.8 Å². The number of anilines is 2. The van der Waals surface area contributed by atoms with Crippen LogP contribution in [-0.4, -0.2) is 19.0 Å². The van der Waals surface area contributed by atoms with Gasteiger partial charge in [-0.15, -0.1) is 0 Å². The van der Waals surface area contributed by atoms with Gasteiger partial charge in [-0.25, -0.2) is 8.78 Å². The number of nitrogens with zero attached hydrogens (tertiary/aromatic N) is 1. The normalized spacial score (nSPS) is 14.6. The maximum absolute atomic E-state index is 13.8. The van der Waals surface area contributed by atoms with Gasteiger partial charge in [0.25, 0.3) is 5.91 Å². The average Bonchev–Trinajstić information content (AvgIpc) is 3.08. The smallest absolute Gasteiger partial charge is 0.370 e. The summed E-state index contributed by atoms with van der Waals surface area (Å²) in [5.41, 5.74) is -0.992. The second kappa shape index (κ2) is 6.93. The standard InChI is InChI=1S/C18H15F5N2O/c19-12-4-5-13(14(20)10-12)17(26)24-15-9-11(18(21,22)23)3-6-16(15)25-7-1-2-8-25/h3-6,9-10H,1-2,7-8H2,(H,24,26). The van der Waals surface area contributed by atoms with Crippen molar-refractivity contribution in [1.82, 2.24) is 0 Å². The molecule has 0 bridgehead atoms. The van der Waals surface area contributed by atoms with E-state index in [-0.39, 0.29) is 5.69 Å². The predicted molar refractivity (Wildman–Crippen MR) is 87.2 cm³/mol.